The number of benzene rings is 2. The first-order valence-corrected chi connectivity index (χ1v) is 11.6. The summed E-state index contributed by atoms with van der Waals surface area (Å²) < 4.78 is 33.0. The molecular weight excluding hydrogens is 416 g/mol. The number of sulfonamides is 1. The summed E-state index contributed by atoms with van der Waals surface area (Å²) in [5, 5.41) is 2.81. The van der Waals surface area contributed by atoms with Gasteiger partial charge in [0.15, 0.2) is 0 Å². The molecule has 1 aliphatic rings. The Labute approximate surface area is 183 Å². The minimum absolute atomic E-state index is 0.265. The number of methoxy groups -OCH3 is 1. The molecule has 2 aromatic carbocycles. The van der Waals surface area contributed by atoms with Crippen molar-refractivity contribution in [3.05, 3.63) is 58.1 Å². The average molecular weight is 445 g/mol. The van der Waals surface area contributed by atoms with Crippen LogP contribution in [-0.4, -0.2) is 44.3 Å². The SMILES string of the molecule is COC(=O)c1ccc(C)c(NC(=O)C2CCCN2S(=O)(=O)c2c(C)cc(C)cc2C)c1. The number of aryl methyl sites for hydroxylation is 4. The maximum Gasteiger partial charge on any atom is 0.337 e. The highest BCUT2D eigenvalue weighted by atomic mass is 32.2. The molecule has 1 N–H and O–H groups in total. The minimum Gasteiger partial charge on any atom is -0.465 e. The summed E-state index contributed by atoms with van der Waals surface area (Å²) in [5.41, 5.74) is 3.87. The second-order valence-electron chi connectivity index (χ2n) is 8.01. The van der Waals surface area contributed by atoms with Crippen LogP contribution in [0.2, 0.25) is 0 Å². The molecule has 1 amide bonds. The number of esters is 1. The average Bonchev–Trinajstić information content (AvgIpc) is 3.19. The summed E-state index contributed by atoms with van der Waals surface area (Å²) in [7, 11) is -2.55. The number of carbonyl (C=O) groups is 2. The molecule has 7 nitrogen and oxygen atoms in total. The van der Waals surface area contributed by atoms with Gasteiger partial charge in [0, 0.05) is 12.2 Å². The van der Waals surface area contributed by atoms with E-state index >= 15 is 0 Å². The highest BCUT2D eigenvalue weighted by Crippen LogP contribution is 2.31. The van der Waals surface area contributed by atoms with Crippen molar-refractivity contribution in [2.45, 2.75) is 51.5 Å². The summed E-state index contributed by atoms with van der Waals surface area (Å²) in [4.78, 5) is 25.2. The zero-order valence-electron chi connectivity index (χ0n) is 18.5. The Bertz CT molecular complexity index is 1120. The van der Waals surface area contributed by atoms with Crippen LogP contribution in [0.1, 0.15) is 45.5 Å². The Morgan fingerprint density at radius 1 is 1.03 bits per heavy atom. The Morgan fingerprint density at radius 2 is 1.68 bits per heavy atom. The van der Waals surface area contributed by atoms with Crippen LogP contribution in [-0.2, 0) is 19.6 Å². The monoisotopic (exact) mass is 444 g/mol. The zero-order valence-corrected chi connectivity index (χ0v) is 19.3. The van der Waals surface area contributed by atoms with E-state index in [1.807, 2.05) is 19.1 Å². The van der Waals surface area contributed by atoms with Crippen molar-refractivity contribution < 1.29 is 22.7 Å². The lowest BCUT2D eigenvalue weighted by molar-refractivity contribution is -0.119. The fourth-order valence-corrected chi connectivity index (χ4v) is 6.27. The van der Waals surface area contributed by atoms with Crippen molar-refractivity contribution in [1.82, 2.24) is 4.31 Å². The van der Waals surface area contributed by atoms with Gasteiger partial charge in [0.05, 0.1) is 17.6 Å². The minimum atomic E-state index is -3.84. The maximum absolute atomic E-state index is 13.5. The highest BCUT2D eigenvalue weighted by molar-refractivity contribution is 7.89. The number of anilines is 1. The molecule has 3 rings (SSSR count). The molecule has 2 aromatic rings. The zero-order chi connectivity index (χ0) is 22.9. The smallest absolute Gasteiger partial charge is 0.337 e. The molecule has 0 saturated carbocycles. The molecule has 1 atom stereocenters. The van der Waals surface area contributed by atoms with E-state index in [2.05, 4.69) is 5.32 Å². The van der Waals surface area contributed by atoms with Crippen LogP contribution in [0.15, 0.2) is 35.2 Å². The van der Waals surface area contributed by atoms with Gasteiger partial charge in [0.1, 0.15) is 6.04 Å². The number of rotatable bonds is 5. The Hall–Kier alpha value is -2.71. The second-order valence-corrected chi connectivity index (χ2v) is 9.84. The Morgan fingerprint density at radius 3 is 2.29 bits per heavy atom. The number of ether oxygens (including phenoxy) is 1. The topological polar surface area (TPSA) is 92.8 Å². The van der Waals surface area contributed by atoms with Crippen LogP contribution < -0.4 is 5.32 Å². The van der Waals surface area contributed by atoms with Crippen molar-refractivity contribution in [1.29, 1.82) is 0 Å². The third-order valence-electron chi connectivity index (χ3n) is 5.59. The van der Waals surface area contributed by atoms with Gasteiger partial charge in [-0.1, -0.05) is 23.8 Å². The summed E-state index contributed by atoms with van der Waals surface area (Å²) in [6.07, 6.45) is 1.03. The number of nitrogens with zero attached hydrogens (tertiary/aromatic N) is 1. The summed E-state index contributed by atoms with van der Waals surface area (Å²) in [5.74, 6) is -0.917. The van der Waals surface area contributed by atoms with E-state index in [4.69, 9.17) is 4.74 Å². The van der Waals surface area contributed by atoms with Crippen molar-refractivity contribution >= 4 is 27.6 Å². The van der Waals surface area contributed by atoms with Crippen LogP contribution >= 0.6 is 0 Å². The van der Waals surface area contributed by atoms with Gasteiger partial charge in [-0.05, 0) is 69.4 Å². The van der Waals surface area contributed by atoms with Crippen LogP contribution in [0.4, 0.5) is 5.69 Å². The van der Waals surface area contributed by atoms with Crippen molar-refractivity contribution in [3.63, 3.8) is 0 Å². The van der Waals surface area contributed by atoms with Gasteiger partial charge < -0.3 is 10.1 Å². The third kappa shape index (κ3) is 4.50. The van der Waals surface area contributed by atoms with Gasteiger partial charge in [-0.3, -0.25) is 4.79 Å². The van der Waals surface area contributed by atoms with Crippen molar-refractivity contribution in [2.75, 3.05) is 19.0 Å². The molecule has 0 radical (unpaired) electrons. The third-order valence-corrected chi connectivity index (χ3v) is 7.81. The molecule has 0 bridgehead atoms. The lowest BCUT2D eigenvalue weighted by Gasteiger charge is -2.25. The fraction of sp³-hybridized carbons (Fsp3) is 0.391. The molecule has 8 heteroatoms. The first-order chi connectivity index (χ1) is 14.6. The number of amides is 1. The van der Waals surface area contributed by atoms with Crippen molar-refractivity contribution in [3.8, 4) is 0 Å². The molecule has 31 heavy (non-hydrogen) atoms. The predicted octanol–water partition coefficient (Wildman–Crippen LogP) is 3.50. The molecule has 1 aliphatic heterocycles. The summed E-state index contributed by atoms with van der Waals surface area (Å²) >= 11 is 0. The fourth-order valence-electron chi connectivity index (χ4n) is 4.20. The van der Waals surface area contributed by atoms with Gasteiger partial charge in [-0.2, -0.15) is 4.31 Å². The predicted molar refractivity (Wildman–Crippen MR) is 119 cm³/mol. The standard InChI is InChI=1S/C23H28N2O5S/c1-14-11-16(3)21(17(4)12-14)31(28,29)25-10-6-7-20(25)22(26)24-19-13-18(23(27)30-5)9-8-15(19)2/h8-9,11-13,20H,6-7,10H2,1-5H3,(H,24,26). The molecule has 0 aliphatic carbocycles. The number of nitrogens with one attached hydrogen (secondary N) is 1. The Balaban J connectivity index is 1.90. The molecule has 1 unspecified atom stereocenters. The van der Waals surface area contributed by atoms with Crippen LogP contribution in [0.3, 0.4) is 0 Å². The van der Waals surface area contributed by atoms with Gasteiger partial charge >= 0.3 is 5.97 Å². The van der Waals surface area contributed by atoms with E-state index in [1.165, 1.54) is 11.4 Å². The van der Waals surface area contributed by atoms with Crippen LogP contribution in [0.25, 0.3) is 0 Å². The van der Waals surface area contributed by atoms with Gasteiger partial charge in [-0.25, -0.2) is 13.2 Å². The van der Waals surface area contributed by atoms with E-state index < -0.39 is 27.9 Å². The largest absolute Gasteiger partial charge is 0.465 e. The van der Waals surface area contributed by atoms with E-state index in [0.29, 0.717) is 35.2 Å². The molecule has 1 fully saturated rings. The van der Waals surface area contributed by atoms with Crippen LogP contribution in [0, 0.1) is 27.7 Å². The lowest BCUT2D eigenvalue weighted by Crippen LogP contribution is -2.43. The molecule has 166 valence electrons. The summed E-state index contributed by atoms with van der Waals surface area (Å²) in [6.45, 7) is 7.57. The molecule has 1 saturated heterocycles. The molecule has 0 aromatic heterocycles. The summed E-state index contributed by atoms with van der Waals surface area (Å²) in [6, 6.07) is 7.74. The van der Waals surface area contributed by atoms with Crippen molar-refractivity contribution in [2.24, 2.45) is 0 Å². The van der Waals surface area contributed by atoms with E-state index in [1.54, 1.807) is 39.0 Å². The number of hydrogen-bond acceptors (Lipinski definition) is 5. The van der Waals surface area contributed by atoms with Gasteiger partial charge in [0.25, 0.3) is 0 Å². The molecular formula is C23H28N2O5S. The highest BCUT2D eigenvalue weighted by Gasteiger charge is 2.40. The molecule has 1 heterocycles. The number of hydrogen-bond donors (Lipinski definition) is 1. The quantitative estimate of drug-likeness (QED) is 0.713. The van der Waals surface area contributed by atoms with E-state index in [0.717, 1.165) is 11.1 Å². The first-order valence-electron chi connectivity index (χ1n) is 10.2. The van der Waals surface area contributed by atoms with Gasteiger partial charge in [-0.15, -0.1) is 0 Å². The maximum atomic E-state index is 13.5. The normalized spacial score (nSPS) is 16.9. The molecule has 0 spiro atoms. The lowest BCUT2D eigenvalue weighted by atomic mass is 10.1. The van der Waals surface area contributed by atoms with Gasteiger partial charge in [0.2, 0.25) is 15.9 Å². The second kappa shape index (κ2) is 8.80. The van der Waals surface area contributed by atoms with E-state index in [-0.39, 0.29) is 11.4 Å². The van der Waals surface area contributed by atoms with E-state index in [9.17, 15) is 18.0 Å². The van der Waals surface area contributed by atoms with Crippen LogP contribution in [0.5, 0.6) is 0 Å². The Kier molecular flexibility index (Phi) is 6.52. The number of carbonyl (C=O) groups excluding carboxylic acids is 2. The first kappa shape index (κ1) is 23.0.